The number of nitrogens with one attached hydrogen (secondary N) is 1. The van der Waals surface area contributed by atoms with E-state index in [1.807, 2.05) is 0 Å². The van der Waals surface area contributed by atoms with Crippen LogP contribution in [0.5, 0.6) is 11.5 Å². The van der Waals surface area contributed by atoms with Gasteiger partial charge in [-0.05, 0) is 31.5 Å². The van der Waals surface area contributed by atoms with E-state index in [1.54, 1.807) is 43.8 Å². The number of rotatable bonds is 7. The second kappa shape index (κ2) is 7.97. The van der Waals surface area contributed by atoms with Gasteiger partial charge in [0.2, 0.25) is 0 Å². The van der Waals surface area contributed by atoms with E-state index in [2.05, 4.69) is 24.1 Å². The quantitative estimate of drug-likeness (QED) is 0.845. The molecule has 5 nitrogen and oxygen atoms in total. The summed E-state index contributed by atoms with van der Waals surface area (Å²) in [4.78, 5) is 18.2. The van der Waals surface area contributed by atoms with Crippen LogP contribution in [0.15, 0.2) is 18.2 Å². The standard InChI is InChI=1S/C17H22N2O3S/c1-5-14-11(2)23-16(19-14)8-9-18-17(20)13-10-12(21-3)6-7-15(13)22-4/h6-7,10H,5,8-9H2,1-4H3,(H,18,20). The summed E-state index contributed by atoms with van der Waals surface area (Å²) in [6.45, 7) is 4.72. The first-order chi connectivity index (χ1) is 11.1. The van der Waals surface area contributed by atoms with Crippen molar-refractivity contribution < 1.29 is 14.3 Å². The van der Waals surface area contributed by atoms with Crippen LogP contribution in [-0.4, -0.2) is 31.7 Å². The van der Waals surface area contributed by atoms with E-state index in [9.17, 15) is 4.79 Å². The monoisotopic (exact) mass is 334 g/mol. The van der Waals surface area contributed by atoms with Crippen LogP contribution >= 0.6 is 11.3 Å². The maximum Gasteiger partial charge on any atom is 0.255 e. The predicted molar refractivity (Wildman–Crippen MR) is 91.8 cm³/mol. The van der Waals surface area contributed by atoms with Crippen LogP contribution in [0.4, 0.5) is 0 Å². The first kappa shape index (κ1) is 17.3. The molecule has 1 heterocycles. The van der Waals surface area contributed by atoms with Gasteiger partial charge in [0.1, 0.15) is 11.5 Å². The summed E-state index contributed by atoms with van der Waals surface area (Å²) < 4.78 is 10.4. The minimum Gasteiger partial charge on any atom is -0.497 e. The Balaban J connectivity index is 1.99. The zero-order chi connectivity index (χ0) is 16.8. The molecule has 0 fully saturated rings. The molecule has 2 aromatic rings. The molecule has 0 saturated heterocycles. The number of nitrogens with zero attached hydrogens (tertiary/aromatic N) is 1. The topological polar surface area (TPSA) is 60.5 Å². The Kier molecular flexibility index (Phi) is 5.98. The van der Waals surface area contributed by atoms with Crippen LogP contribution < -0.4 is 14.8 Å². The summed E-state index contributed by atoms with van der Waals surface area (Å²) in [6, 6.07) is 5.17. The summed E-state index contributed by atoms with van der Waals surface area (Å²) >= 11 is 1.69. The van der Waals surface area contributed by atoms with Crippen molar-refractivity contribution in [1.82, 2.24) is 10.3 Å². The fourth-order valence-corrected chi connectivity index (χ4v) is 3.31. The molecule has 1 amide bonds. The van der Waals surface area contributed by atoms with E-state index in [4.69, 9.17) is 9.47 Å². The normalized spacial score (nSPS) is 10.4. The van der Waals surface area contributed by atoms with E-state index in [-0.39, 0.29) is 5.91 Å². The summed E-state index contributed by atoms with van der Waals surface area (Å²) in [7, 11) is 3.11. The predicted octanol–water partition coefficient (Wildman–Crippen LogP) is 3.00. The number of aromatic nitrogens is 1. The highest BCUT2D eigenvalue weighted by Crippen LogP contribution is 2.24. The lowest BCUT2D eigenvalue weighted by molar-refractivity contribution is 0.0950. The summed E-state index contributed by atoms with van der Waals surface area (Å²) in [5.41, 5.74) is 1.61. The van der Waals surface area contributed by atoms with Gasteiger partial charge >= 0.3 is 0 Å². The smallest absolute Gasteiger partial charge is 0.255 e. The molecule has 1 N–H and O–H groups in total. The molecule has 0 saturated carbocycles. The number of aryl methyl sites for hydroxylation is 2. The van der Waals surface area contributed by atoms with Crippen LogP contribution in [-0.2, 0) is 12.8 Å². The van der Waals surface area contributed by atoms with E-state index in [0.29, 0.717) is 23.6 Å². The highest BCUT2D eigenvalue weighted by Gasteiger charge is 2.14. The van der Waals surface area contributed by atoms with Crippen LogP contribution in [0.25, 0.3) is 0 Å². The average molecular weight is 334 g/mol. The SMILES string of the molecule is CCc1nc(CCNC(=O)c2cc(OC)ccc2OC)sc1C. The molecule has 6 heteroatoms. The Morgan fingerprint density at radius 1 is 1.30 bits per heavy atom. The second-order valence-electron chi connectivity index (χ2n) is 5.04. The number of carbonyl (C=O) groups is 1. The summed E-state index contributed by atoms with van der Waals surface area (Å²) in [5.74, 6) is 0.977. The van der Waals surface area contributed by atoms with Gasteiger partial charge in [0, 0.05) is 17.8 Å². The van der Waals surface area contributed by atoms with Gasteiger partial charge in [-0.2, -0.15) is 0 Å². The van der Waals surface area contributed by atoms with Crippen molar-refractivity contribution in [2.75, 3.05) is 20.8 Å². The average Bonchev–Trinajstić information content (AvgIpc) is 2.93. The van der Waals surface area contributed by atoms with E-state index >= 15 is 0 Å². The van der Waals surface area contributed by atoms with Gasteiger partial charge in [-0.3, -0.25) is 4.79 Å². The number of ether oxygens (including phenoxy) is 2. The van der Waals surface area contributed by atoms with E-state index in [0.717, 1.165) is 23.5 Å². The molecule has 1 aromatic heterocycles. The van der Waals surface area contributed by atoms with Crippen molar-refractivity contribution in [3.8, 4) is 11.5 Å². The lowest BCUT2D eigenvalue weighted by Gasteiger charge is -2.10. The van der Waals surface area contributed by atoms with Crippen molar-refractivity contribution >= 4 is 17.2 Å². The number of benzene rings is 1. The number of thiazole rings is 1. The number of hydrogen-bond acceptors (Lipinski definition) is 5. The maximum absolute atomic E-state index is 12.3. The highest BCUT2D eigenvalue weighted by molar-refractivity contribution is 7.11. The number of hydrogen-bond donors (Lipinski definition) is 1. The van der Waals surface area contributed by atoms with Crippen LogP contribution in [0, 0.1) is 6.92 Å². The van der Waals surface area contributed by atoms with Crippen LogP contribution in [0.1, 0.15) is 32.9 Å². The molecule has 0 aliphatic rings. The van der Waals surface area contributed by atoms with Crippen molar-refractivity contribution in [3.63, 3.8) is 0 Å². The Morgan fingerprint density at radius 2 is 2.09 bits per heavy atom. The molecule has 2 rings (SSSR count). The molecular weight excluding hydrogens is 312 g/mol. The first-order valence-electron chi connectivity index (χ1n) is 7.54. The fraction of sp³-hybridized carbons (Fsp3) is 0.412. The second-order valence-corrected chi connectivity index (χ2v) is 6.32. The van der Waals surface area contributed by atoms with Crippen molar-refractivity contribution in [2.24, 2.45) is 0 Å². The molecule has 0 radical (unpaired) electrons. The molecule has 0 atom stereocenters. The minimum absolute atomic E-state index is 0.176. The summed E-state index contributed by atoms with van der Waals surface area (Å²) in [6.07, 6.45) is 1.67. The Morgan fingerprint density at radius 3 is 2.70 bits per heavy atom. The number of methoxy groups -OCH3 is 2. The summed E-state index contributed by atoms with van der Waals surface area (Å²) in [5, 5.41) is 3.97. The molecule has 0 unspecified atom stereocenters. The largest absolute Gasteiger partial charge is 0.497 e. The van der Waals surface area contributed by atoms with Gasteiger partial charge in [0.15, 0.2) is 0 Å². The van der Waals surface area contributed by atoms with Gasteiger partial charge in [0.05, 0.1) is 30.5 Å². The Labute approximate surface area is 140 Å². The van der Waals surface area contributed by atoms with Gasteiger partial charge in [0.25, 0.3) is 5.91 Å². The van der Waals surface area contributed by atoms with Crippen LogP contribution in [0.2, 0.25) is 0 Å². The lowest BCUT2D eigenvalue weighted by atomic mass is 10.1. The zero-order valence-corrected chi connectivity index (χ0v) is 14.8. The third-order valence-electron chi connectivity index (χ3n) is 3.55. The van der Waals surface area contributed by atoms with Gasteiger partial charge < -0.3 is 14.8 Å². The van der Waals surface area contributed by atoms with Gasteiger partial charge in [-0.15, -0.1) is 11.3 Å². The fourth-order valence-electron chi connectivity index (χ4n) is 2.29. The Hall–Kier alpha value is -2.08. The minimum atomic E-state index is -0.176. The Bertz CT molecular complexity index is 682. The molecular formula is C17H22N2O3S. The van der Waals surface area contributed by atoms with Crippen LogP contribution in [0.3, 0.4) is 0 Å². The van der Waals surface area contributed by atoms with E-state index in [1.165, 1.54) is 4.88 Å². The number of amides is 1. The maximum atomic E-state index is 12.3. The van der Waals surface area contributed by atoms with Crippen molar-refractivity contribution in [3.05, 3.63) is 39.3 Å². The molecule has 0 spiro atoms. The lowest BCUT2D eigenvalue weighted by Crippen LogP contribution is -2.26. The van der Waals surface area contributed by atoms with Gasteiger partial charge in [-0.1, -0.05) is 6.92 Å². The number of carbonyl (C=O) groups excluding carboxylic acids is 1. The third kappa shape index (κ3) is 4.22. The van der Waals surface area contributed by atoms with Gasteiger partial charge in [-0.25, -0.2) is 4.98 Å². The van der Waals surface area contributed by atoms with E-state index < -0.39 is 0 Å². The molecule has 124 valence electrons. The highest BCUT2D eigenvalue weighted by atomic mass is 32.1. The molecule has 1 aromatic carbocycles. The first-order valence-corrected chi connectivity index (χ1v) is 8.36. The van der Waals surface area contributed by atoms with Crippen molar-refractivity contribution in [1.29, 1.82) is 0 Å². The third-order valence-corrected chi connectivity index (χ3v) is 4.62. The molecule has 0 aliphatic carbocycles. The van der Waals surface area contributed by atoms with Crippen molar-refractivity contribution in [2.45, 2.75) is 26.7 Å². The molecule has 0 bridgehead atoms. The zero-order valence-electron chi connectivity index (χ0n) is 13.9. The molecule has 23 heavy (non-hydrogen) atoms. The molecule has 0 aliphatic heterocycles.